The fourth-order valence-electron chi connectivity index (χ4n) is 5.26. The average molecular weight is 571 g/mol. The van der Waals surface area contributed by atoms with Crippen molar-refractivity contribution in [1.29, 1.82) is 0 Å². The summed E-state index contributed by atoms with van der Waals surface area (Å²) in [4.78, 5) is 39.7. The maximum atomic E-state index is 14.5. The number of hydrogen-bond donors (Lipinski definition) is 2. The first kappa shape index (κ1) is 27.0. The molecule has 1 unspecified atom stereocenters. The third-order valence-electron chi connectivity index (χ3n) is 7.29. The van der Waals surface area contributed by atoms with Gasteiger partial charge in [-0.1, -0.05) is 12.1 Å². The lowest BCUT2D eigenvalue weighted by molar-refractivity contribution is 0.0686. The number of nitrogens with zero attached hydrogens (tertiary/aromatic N) is 2. The molecule has 0 saturated heterocycles. The maximum Gasteiger partial charge on any atom is 0.275 e. The van der Waals surface area contributed by atoms with Crippen molar-refractivity contribution in [2.75, 3.05) is 26.8 Å². The summed E-state index contributed by atoms with van der Waals surface area (Å²) in [5.41, 5.74) is 2.22. The van der Waals surface area contributed by atoms with Crippen LogP contribution in [0.15, 0.2) is 71.5 Å². The van der Waals surface area contributed by atoms with Gasteiger partial charge in [0.05, 0.1) is 25.3 Å². The van der Waals surface area contributed by atoms with Crippen molar-refractivity contribution < 1.29 is 28.2 Å². The van der Waals surface area contributed by atoms with Crippen molar-refractivity contribution in [2.24, 2.45) is 0 Å². The lowest BCUT2D eigenvalue weighted by atomic mass is 9.87. The summed E-state index contributed by atoms with van der Waals surface area (Å²) in [5, 5.41) is 9.02. The number of carbonyl (C=O) groups excluding carboxylic acids is 2. The predicted molar refractivity (Wildman–Crippen MR) is 150 cm³/mol. The van der Waals surface area contributed by atoms with E-state index >= 15 is 0 Å². The number of nitrogens with one attached hydrogen (secondary N) is 2. The van der Waals surface area contributed by atoms with E-state index in [1.54, 1.807) is 24.1 Å². The molecule has 3 aliphatic rings. The number of halogens is 1. The Morgan fingerprint density at radius 1 is 1.05 bits per heavy atom. The Labute approximate surface area is 240 Å². The van der Waals surface area contributed by atoms with Gasteiger partial charge in [-0.2, -0.15) is 5.10 Å². The Morgan fingerprint density at radius 3 is 2.69 bits per heavy atom. The van der Waals surface area contributed by atoms with E-state index < -0.39 is 23.3 Å². The minimum atomic E-state index is -0.651. The van der Waals surface area contributed by atoms with E-state index in [-0.39, 0.29) is 30.3 Å². The van der Waals surface area contributed by atoms with E-state index in [4.69, 9.17) is 14.2 Å². The van der Waals surface area contributed by atoms with Crippen molar-refractivity contribution >= 4 is 11.8 Å². The summed E-state index contributed by atoms with van der Waals surface area (Å²) in [6.07, 6.45) is 0.975. The van der Waals surface area contributed by atoms with Gasteiger partial charge in [-0.25, -0.2) is 9.49 Å². The fraction of sp³-hybridized carbons (Fsp3) is 0.226. The molecule has 11 heteroatoms. The van der Waals surface area contributed by atoms with Crippen molar-refractivity contribution in [3.63, 3.8) is 0 Å². The van der Waals surface area contributed by atoms with Gasteiger partial charge in [0, 0.05) is 19.2 Å². The van der Waals surface area contributed by atoms with Crippen LogP contribution in [0.3, 0.4) is 0 Å². The average Bonchev–Trinajstić information content (AvgIpc) is 3.00. The molecule has 8 bridgehead atoms. The van der Waals surface area contributed by atoms with Crippen LogP contribution >= 0.6 is 0 Å². The second kappa shape index (κ2) is 11.4. The fourth-order valence-corrected chi connectivity index (χ4v) is 5.26. The summed E-state index contributed by atoms with van der Waals surface area (Å²) >= 11 is 0. The Morgan fingerprint density at radius 2 is 1.88 bits per heavy atom. The molecule has 0 fully saturated rings. The molecular weight excluding hydrogens is 543 g/mol. The number of aromatic nitrogens is 2. The van der Waals surface area contributed by atoms with Gasteiger partial charge in [0.2, 0.25) is 0 Å². The molecule has 3 aromatic carbocycles. The van der Waals surface area contributed by atoms with E-state index in [1.165, 1.54) is 30.3 Å². The number of ether oxygens (including phenoxy) is 3. The number of amides is 2. The topological polar surface area (TPSA) is 123 Å². The van der Waals surface area contributed by atoms with Gasteiger partial charge in [0.25, 0.3) is 17.4 Å². The molecule has 214 valence electrons. The quantitative estimate of drug-likeness (QED) is 0.373. The first-order chi connectivity index (χ1) is 20.4. The number of aromatic amines is 1. The maximum absolute atomic E-state index is 14.5. The first-order valence-electron chi connectivity index (χ1n) is 13.5. The van der Waals surface area contributed by atoms with Gasteiger partial charge in [0.15, 0.2) is 11.5 Å². The molecular formula is C31H27FN4O6. The summed E-state index contributed by atoms with van der Waals surface area (Å²) in [5.74, 6) is 0.276. The van der Waals surface area contributed by atoms with Crippen LogP contribution in [0.25, 0.3) is 0 Å². The summed E-state index contributed by atoms with van der Waals surface area (Å²) in [6.45, 7) is 0.872. The van der Waals surface area contributed by atoms with E-state index in [9.17, 15) is 18.8 Å². The zero-order chi connectivity index (χ0) is 29.2. The van der Waals surface area contributed by atoms with Crippen LogP contribution in [0.2, 0.25) is 0 Å². The number of fused-ring (bicyclic) bond motifs is 6. The normalized spacial score (nSPS) is 16.4. The third kappa shape index (κ3) is 5.28. The van der Waals surface area contributed by atoms with Crippen LogP contribution in [-0.2, 0) is 6.42 Å². The zero-order valence-corrected chi connectivity index (χ0v) is 22.7. The molecule has 0 radical (unpaired) electrons. The molecule has 3 aliphatic heterocycles. The summed E-state index contributed by atoms with van der Waals surface area (Å²) < 4.78 is 32.1. The molecule has 2 N–H and O–H groups in total. The minimum absolute atomic E-state index is 0.119. The Hall–Kier alpha value is -5.19. The van der Waals surface area contributed by atoms with E-state index in [2.05, 4.69) is 15.5 Å². The van der Waals surface area contributed by atoms with Crippen LogP contribution in [0.5, 0.6) is 23.0 Å². The highest BCUT2D eigenvalue weighted by atomic mass is 19.1. The molecule has 2 amide bonds. The molecule has 1 atom stereocenters. The Bertz CT molecular complexity index is 1720. The van der Waals surface area contributed by atoms with Gasteiger partial charge < -0.3 is 24.4 Å². The monoisotopic (exact) mass is 570 g/mol. The molecule has 0 spiro atoms. The molecule has 4 heterocycles. The second-order valence-electron chi connectivity index (χ2n) is 9.93. The van der Waals surface area contributed by atoms with Crippen LogP contribution in [0.1, 0.15) is 50.0 Å². The molecule has 0 aliphatic carbocycles. The highest BCUT2D eigenvalue weighted by Gasteiger charge is 2.34. The van der Waals surface area contributed by atoms with Crippen molar-refractivity contribution in [2.45, 2.75) is 18.9 Å². The third-order valence-corrected chi connectivity index (χ3v) is 7.29. The van der Waals surface area contributed by atoms with Crippen molar-refractivity contribution in [3.8, 4) is 23.0 Å². The van der Waals surface area contributed by atoms with Gasteiger partial charge >= 0.3 is 0 Å². The van der Waals surface area contributed by atoms with Gasteiger partial charge in [-0.3, -0.25) is 14.4 Å². The van der Waals surface area contributed by atoms with E-state index in [0.717, 1.165) is 16.7 Å². The lowest BCUT2D eigenvalue weighted by Crippen LogP contribution is -2.41. The van der Waals surface area contributed by atoms with Crippen molar-refractivity contribution in [3.05, 3.63) is 111 Å². The SMILES string of the molecule is COc1ccc2cc1OCCCNC(=O)c1cc(ccc1F)Oc1ccc3c(c1)CCN(C(=O)c1ccc(=O)[nH]n1)C23. The van der Waals surface area contributed by atoms with E-state index in [1.807, 2.05) is 24.3 Å². The smallest absolute Gasteiger partial charge is 0.275 e. The number of H-pyrrole nitrogens is 1. The Balaban J connectivity index is 1.46. The van der Waals surface area contributed by atoms with Gasteiger partial charge in [-0.05, 0) is 78.1 Å². The van der Waals surface area contributed by atoms with Crippen molar-refractivity contribution in [1.82, 2.24) is 20.4 Å². The molecule has 42 heavy (non-hydrogen) atoms. The number of rotatable bonds is 2. The highest BCUT2D eigenvalue weighted by Crippen LogP contribution is 2.41. The summed E-state index contributed by atoms with van der Waals surface area (Å²) in [6, 6.07) is 17.3. The highest BCUT2D eigenvalue weighted by molar-refractivity contribution is 5.95. The molecule has 1 aromatic heterocycles. The van der Waals surface area contributed by atoms with Crippen LogP contribution in [-0.4, -0.2) is 53.7 Å². The van der Waals surface area contributed by atoms with Gasteiger partial charge in [-0.15, -0.1) is 0 Å². The van der Waals surface area contributed by atoms with Crippen LogP contribution in [0.4, 0.5) is 4.39 Å². The number of methoxy groups -OCH3 is 1. The largest absolute Gasteiger partial charge is 0.493 e. The molecule has 7 rings (SSSR count). The molecule has 0 saturated carbocycles. The van der Waals surface area contributed by atoms with E-state index in [0.29, 0.717) is 42.4 Å². The first-order valence-corrected chi connectivity index (χ1v) is 13.5. The standard InChI is InChI=1S/C31H27FN4O6/c1-40-26-9-3-19-16-27(26)41-14-2-12-33-30(38)23-17-21(5-7-24(23)32)42-20-4-6-22-18(15-20)11-13-36(29(19)22)31(39)25-8-10-28(37)35-34-25/h3-10,15-17,29H,2,11-14H2,1H3,(H,33,38)(H,35,37). The summed E-state index contributed by atoms with van der Waals surface area (Å²) in [7, 11) is 1.54. The zero-order valence-electron chi connectivity index (χ0n) is 22.7. The Kier molecular flexibility index (Phi) is 7.30. The van der Waals surface area contributed by atoms with Gasteiger partial charge in [0.1, 0.15) is 23.0 Å². The molecule has 4 aromatic rings. The molecule has 10 nitrogen and oxygen atoms in total. The van der Waals surface area contributed by atoms with Crippen LogP contribution in [0, 0.1) is 5.82 Å². The second-order valence-corrected chi connectivity index (χ2v) is 9.93. The van der Waals surface area contributed by atoms with Crippen LogP contribution < -0.4 is 25.1 Å². The predicted octanol–water partition coefficient (Wildman–Crippen LogP) is 4.01. The number of hydrogen-bond acceptors (Lipinski definition) is 7. The minimum Gasteiger partial charge on any atom is -0.493 e. The lowest BCUT2D eigenvalue weighted by Gasteiger charge is -2.38. The number of carbonyl (C=O) groups is 2. The number of benzene rings is 3.